The van der Waals surface area contributed by atoms with Crippen LogP contribution in [-0.2, 0) is 13.6 Å². The Balaban J connectivity index is 2.09. The highest BCUT2D eigenvalue weighted by Crippen LogP contribution is 2.18. The highest BCUT2D eigenvalue weighted by molar-refractivity contribution is 5.22. The molecule has 0 aliphatic heterocycles. The Labute approximate surface area is 111 Å². The molecule has 0 spiro atoms. The fourth-order valence-corrected chi connectivity index (χ4v) is 2.01. The number of hydrogen-bond donors (Lipinski definition) is 1. The van der Waals surface area contributed by atoms with Crippen LogP contribution in [0.4, 0.5) is 8.78 Å². The maximum absolute atomic E-state index is 13.5. The first-order chi connectivity index (χ1) is 9.00. The average molecular weight is 265 g/mol. The SMILES string of the molecule is Cc1c(C(C)NCc2c(F)cccc2F)cnn1C. The topological polar surface area (TPSA) is 29.9 Å². The molecule has 1 heterocycles. The van der Waals surface area contributed by atoms with Crippen molar-refractivity contribution in [1.82, 2.24) is 15.1 Å². The number of rotatable bonds is 4. The molecular formula is C14H17F2N3. The summed E-state index contributed by atoms with van der Waals surface area (Å²) >= 11 is 0. The van der Waals surface area contributed by atoms with Crippen LogP contribution in [0.3, 0.4) is 0 Å². The van der Waals surface area contributed by atoms with Gasteiger partial charge in [0.05, 0.1) is 6.20 Å². The monoisotopic (exact) mass is 265 g/mol. The van der Waals surface area contributed by atoms with Gasteiger partial charge in [-0.2, -0.15) is 5.10 Å². The molecule has 1 atom stereocenters. The van der Waals surface area contributed by atoms with Gasteiger partial charge in [0.2, 0.25) is 0 Å². The van der Waals surface area contributed by atoms with Gasteiger partial charge in [0.25, 0.3) is 0 Å². The summed E-state index contributed by atoms with van der Waals surface area (Å²) in [5.41, 5.74) is 2.13. The molecule has 2 rings (SSSR count). The molecular weight excluding hydrogens is 248 g/mol. The lowest BCUT2D eigenvalue weighted by Gasteiger charge is -2.14. The fourth-order valence-electron chi connectivity index (χ4n) is 2.01. The van der Waals surface area contributed by atoms with Crippen LogP contribution in [0.1, 0.15) is 29.8 Å². The van der Waals surface area contributed by atoms with Crippen molar-refractivity contribution in [2.24, 2.45) is 7.05 Å². The molecule has 19 heavy (non-hydrogen) atoms. The van der Waals surface area contributed by atoms with E-state index in [0.29, 0.717) is 0 Å². The molecule has 0 amide bonds. The van der Waals surface area contributed by atoms with Crippen LogP contribution in [-0.4, -0.2) is 9.78 Å². The van der Waals surface area contributed by atoms with Crippen molar-refractivity contribution in [3.05, 3.63) is 52.9 Å². The van der Waals surface area contributed by atoms with Gasteiger partial charge in [-0.05, 0) is 26.0 Å². The Kier molecular flexibility index (Phi) is 3.95. The van der Waals surface area contributed by atoms with Gasteiger partial charge in [0.15, 0.2) is 0 Å². The van der Waals surface area contributed by atoms with E-state index in [-0.39, 0.29) is 18.2 Å². The summed E-state index contributed by atoms with van der Waals surface area (Å²) in [5, 5.41) is 7.27. The molecule has 0 saturated carbocycles. The Bertz CT molecular complexity index is 558. The molecule has 5 heteroatoms. The molecule has 0 aliphatic rings. The molecule has 0 saturated heterocycles. The predicted octanol–water partition coefficient (Wildman–Crippen LogP) is 2.86. The van der Waals surface area contributed by atoms with Crippen molar-refractivity contribution in [1.29, 1.82) is 0 Å². The van der Waals surface area contributed by atoms with E-state index in [9.17, 15) is 8.78 Å². The van der Waals surface area contributed by atoms with Gasteiger partial charge in [-0.15, -0.1) is 0 Å². The molecule has 0 aliphatic carbocycles. The molecule has 1 aromatic heterocycles. The molecule has 1 unspecified atom stereocenters. The van der Waals surface area contributed by atoms with E-state index in [2.05, 4.69) is 10.4 Å². The minimum absolute atomic E-state index is 0.0206. The van der Waals surface area contributed by atoms with Crippen LogP contribution >= 0.6 is 0 Å². The van der Waals surface area contributed by atoms with E-state index < -0.39 is 11.6 Å². The number of aromatic nitrogens is 2. The summed E-state index contributed by atoms with van der Waals surface area (Å²) in [5.74, 6) is -1.05. The van der Waals surface area contributed by atoms with Gasteiger partial charge in [-0.3, -0.25) is 4.68 Å². The van der Waals surface area contributed by atoms with Gasteiger partial charge in [0, 0.05) is 36.5 Å². The lowest BCUT2D eigenvalue weighted by molar-refractivity contribution is 0.508. The second kappa shape index (κ2) is 5.48. The molecule has 1 aromatic carbocycles. The normalized spacial score (nSPS) is 12.7. The number of halogens is 2. The van der Waals surface area contributed by atoms with Crippen molar-refractivity contribution in [3.8, 4) is 0 Å². The second-order valence-electron chi connectivity index (χ2n) is 4.61. The zero-order valence-electron chi connectivity index (χ0n) is 11.2. The van der Waals surface area contributed by atoms with E-state index in [1.165, 1.54) is 18.2 Å². The van der Waals surface area contributed by atoms with Gasteiger partial charge >= 0.3 is 0 Å². The first-order valence-corrected chi connectivity index (χ1v) is 6.15. The molecule has 3 nitrogen and oxygen atoms in total. The first kappa shape index (κ1) is 13.7. The van der Waals surface area contributed by atoms with Crippen molar-refractivity contribution in [3.63, 3.8) is 0 Å². The summed E-state index contributed by atoms with van der Waals surface area (Å²) in [4.78, 5) is 0. The van der Waals surface area contributed by atoms with Crippen molar-refractivity contribution < 1.29 is 8.78 Å². The molecule has 0 bridgehead atoms. The first-order valence-electron chi connectivity index (χ1n) is 6.15. The van der Waals surface area contributed by atoms with Gasteiger partial charge < -0.3 is 5.32 Å². The van der Waals surface area contributed by atoms with E-state index in [1.807, 2.05) is 20.9 Å². The Morgan fingerprint density at radius 1 is 1.32 bits per heavy atom. The number of nitrogens with zero attached hydrogens (tertiary/aromatic N) is 2. The molecule has 0 fully saturated rings. The number of hydrogen-bond acceptors (Lipinski definition) is 2. The summed E-state index contributed by atoms with van der Waals surface area (Å²) in [7, 11) is 1.86. The van der Waals surface area contributed by atoms with E-state index >= 15 is 0 Å². The third-order valence-corrected chi connectivity index (χ3v) is 3.39. The molecule has 1 N–H and O–H groups in total. The number of nitrogens with one attached hydrogen (secondary N) is 1. The van der Waals surface area contributed by atoms with Crippen LogP contribution in [0.2, 0.25) is 0 Å². The van der Waals surface area contributed by atoms with Crippen molar-refractivity contribution in [2.45, 2.75) is 26.4 Å². The molecule has 0 radical (unpaired) electrons. The van der Waals surface area contributed by atoms with Crippen LogP contribution in [0.15, 0.2) is 24.4 Å². The van der Waals surface area contributed by atoms with Crippen LogP contribution in [0, 0.1) is 18.6 Å². The Morgan fingerprint density at radius 2 is 1.95 bits per heavy atom. The summed E-state index contributed by atoms with van der Waals surface area (Å²) in [6.07, 6.45) is 1.77. The van der Waals surface area contributed by atoms with Crippen LogP contribution in [0.5, 0.6) is 0 Å². The minimum atomic E-state index is -0.525. The maximum Gasteiger partial charge on any atom is 0.130 e. The van der Waals surface area contributed by atoms with Crippen molar-refractivity contribution >= 4 is 0 Å². The van der Waals surface area contributed by atoms with Crippen LogP contribution in [0.25, 0.3) is 0 Å². The third kappa shape index (κ3) is 2.81. The standard InChI is InChI=1S/C14H17F2N3/c1-9(11-8-18-19(3)10(11)2)17-7-12-13(15)5-4-6-14(12)16/h4-6,8-9,17H,7H2,1-3H3. The zero-order chi connectivity index (χ0) is 14.0. The molecule has 102 valence electrons. The van der Waals surface area contributed by atoms with Gasteiger partial charge in [0.1, 0.15) is 11.6 Å². The van der Waals surface area contributed by atoms with E-state index in [0.717, 1.165) is 11.3 Å². The fraction of sp³-hybridized carbons (Fsp3) is 0.357. The van der Waals surface area contributed by atoms with E-state index in [1.54, 1.807) is 10.9 Å². The summed E-state index contributed by atoms with van der Waals surface area (Å²) < 4.78 is 28.8. The largest absolute Gasteiger partial charge is 0.306 e. The average Bonchev–Trinajstić information content (AvgIpc) is 2.69. The lowest BCUT2D eigenvalue weighted by Crippen LogP contribution is -2.20. The number of benzene rings is 1. The quantitative estimate of drug-likeness (QED) is 0.921. The highest BCUT2D eigenvalue weighted by atomic mass is 19.1. The van der Waals surface area contributed by atoms with Gasteiger partial charge in [-0.25, -0.2) is 8.78 Å². The van der Waals surface area contributed by atoms with Crippen LogP contribution < -0.4 is 5.32 Å². The van der Waals surface area contributed by atoms with Gasteiger partial charge in [-0.1, -0.05) is 6.07 Å². The van der Waals surface area contributed by atoms with Crippen molar-refractivity contribution in [2.75, 3.05) is 0 Å². The Morgan fingerprint density at radius 3 is 2.47 bits per heavy atom. The molecule has 2 aromatic rings. The minimum Gasteiger partial charge on any atom is -0.306 e. The predicted molar refractivity (Wildman–Crippen MR) is 69.6 cm³/mol. The number of aryl methyl sites for hydroxylation is 1. The zero-order valence-corrected chi connectivity index (χ0v) is 11.2. The second-order valence-corrected chi connectivity index (χ2v) is 4.61. The maximum atomic E-state index is 13.5. The summed E-state index contributed by atoms with van der Waals surface area (Å²) in [6, 6.07) is 3.87. The Hall–Kier alpha value is -1.75. The smallest absolute Gasteiger partial charge is 0.130 e. The third-order valence-electron chi connectivity index (χ3n) is 3.39. The lowest BCUT2D eigenvalue weighted by atomic mass is 10.1. The highest BCUT2D eigenvalue weighted by Gasteiger charge is 2.14. The van der Waals surface area contributed by atoms with E-state index in [4.69, 9.17) is 0 Å². The summed E-state index contributed by atoms with van der Waals surface area (Å²) in [6.45, 7) is 4.06.